The normalized spacial score (nSPS) is 27.1. The molecule has 5 heteroatoms. The highest BCUT2D eigenvalue weighted by Crippen LogP contribution is 2.44. The number of hydrogen-bond acceptors (Lipinski definition) is 3. The van der Waals surface area contributed by atoms with Crippen molar-refractivity contribution in [3.63, 3.8) is 0 Å². The van der Waals surface area contributed by atoms with Crippen LogP contribution in [0.5, 0.6) is 0 Å². The van der Waals surface area contributed by atoms with Crippen LogP contribution in [0.4, 0.5) is 5.69 Å². The Morgan fingerprint density at radius 1 is 1.33 bits per heavy atom. The van der Waals surface area contributed by atoms with E-state index in [1.165, 1.54) is 37.5 Å². The number of non-ortho nitro benzene ring substituents is 1. The van der Waals surface area contributed by atoms with Crippen molar-refractivity contribution in [2.24, 2.45) is 11.8 Å². The van der Waals surface area contributed by atoms with Crippen LogP contribution in [0.1, 0.15) is 31.2 Å². The van der Waals surface area contributed by atoms with Gasteiger partial charge in [0.15, 0.2) is 0 Å². The minimum absolute atomic E-state index is 0.0330. The van der Waals surface area contributed by atoms with Gasteiger partial charge in [-0.05, 0) is 42.7 Å². The van der Waals surface area contributed by atoms with E-state index in [1.807, 2.05) is 0 Å². The van der Waals surface area contributed by atoms with E-state index in [0.29, 0.717) is 17.5 Å². The lowest BCUT2D eigenvalue weighted by Crippen LogP contribution is -2.37. The zero-order valence-corrected chi connectivity index (χ0v) is 11.7. The third-order valence-electron chi connectivity index (χ3n) is 4.57. The van der Waals surface area contributed by atoms with Gasteiger partial charge in [-0.3, -0.25) is 14.9 Å². The number of nitro groups is 1. The topological polar surface area (TPSA) is 72.2 Å². The Bertz CT molecular complexity index is 597. The standard InChI is InChI=1S/C16H18N2O3/c19-16(17-15-10-12-4-6-13(15)8-12)7-5-11-2-1-3-14(9-11)18(20)21/h1-3,5,7,9,12-13,15H,4,6,8,10H2,(H,17,19)/t12-,13+,15-/m0/s1. The molecule has 0 unspecified atom stereocenters. The molecule has 0 spiro atoms. The molecule has 3 atom stereocenters. The highest BCUT2D eigenvalue weighted by Gasteiger charge is 2.39. The van der Waals surface area contributed by atoms with Crippen molar-refractivity contribution in [3.8, 4) is 0 Å². The van der Waals surface area contributed by atoms with E-state index in [4.69, 9.17) is 0 Å². The van der Waals surface area contributed by atoms with E-state index >= 15 is 0 Å². The highest BCUT2D eigenvalue weighted by atomic mass is 16.6. The van der Waals surface area contributed by atoms with Gasteiger partial charge in [0.2, 0.25) is 5.91 Å². The molecule has 110 valence electrons. The number of hydrogen-bond donors (Lipinski definition) is 1. The van der Waals surface area contributed by atoms with E-state index in [0.717, 1.165) is 12.3 Å². The molecule has 0 aromatic heterocycles. The predicted molar refractivity (Wildman–Crippen MR) is 79.5 cm³/mol. The van der Waals surface area contributed by atoms with Crippen LogP contribution in [0.25, 0.3) is 6.08 Å². The molecule has 1 aromatic rings. The SMILES string of the molecule is O=C(C=Cc1cccc([N+](=O)[O-])c1)N[C@H]1C[C@H]2CC[C@@H]1C2. The predicted octanol–water partition coefficient (Wildman–Crippen LogP) is 2.91. The number of nitrogens with zero attached hydrogens (tertiary/aromatic N) is 1. The van der Waals surface area contributed by atoms with Crippen LogP contribution in [0.3, 0.4) is 0 Å². The summed E-state index contributed by atoms with van der Waals surface area (Å²) in [6.07, 6.45) is 7.96. The summed E-state index contributed by atoms with van der Waals surface area (Å²) in [5, 5.41) is 13.8. The van der Waals surface area contributed by atoms with Crippen LogP contribution >= 0.6 is 0 Å². The van der Waals surface area contributed by atoms with Crippen molar-refractivity contribution in [2.45, 2.75) is 31.7 Å². The molecule has 3 rings (SSSR count). The van der Waals surface area contributed by atoms with Crippen LogP contribution < -0.4 is 5.32 Å². The van der Waals surface area contributed by atoms with Crippen molar-refractivity contribution in [1.82, 2.24) is 5.32 Å². The van der Waals surface area contributed by atoms with Crippen molar-refractivity contribution in [3.05, 3.63) is 46.0 Å². The van der Waals surface area contributed by atoms with Crippen molar-refractivity contribution in [1.29, 1.82) is 0 Å². The van der Waals surface area contributed by atoms with Crippen LogP contribution in [0.15, 0.2) is 30.3 Å². The lowest BCUT2D eigenvalue weighted by atomic mass is 9.95. The molecule has 0 saturated heterocycles. The zero-order valence-electron chi connectivity index (χ0n) is 11.7. The Morgan fingerprint density at radius 3 is 2.86 bits per heavy atom. The summed E-state index contributed by atoms with van der Waals surface area (Å²) >= 11 is 0. The fourth-order valence-electron chi connectivity index (χ4n) is 3.57. The fourth-order valence-corrected chi connectivity index (χ4v) is 3.57. The molecule has 2 aliphatic rings. The molecule has 2 bridgehead atoms. The Kier molecular flexibility index (Phi) is 3.73. The van der Waals surface area contributed by atoms with Crippen molar-refractivity contribution in [2.75, 3.05) is 0 Å². The molecule has 0 radical (unpaired) electrons. The van der Waals surface area contributed by atoms with Gasteiger partial charge in [0.05, 0.1) is 4.92 Å². The maximum Gasteiger partial charge on any atom is 0.270 e. The summed E-state index contributed by atoms with van der Waals surface area (Å²) in [5.74, 6) is 1.32. The summed E-state index contributed by atoms with van der Waals surface area (Å²) in [4.78, 5) is 22.2. The first-order valence-electron chi connectivity index (χ1n) is 7.35. The Hall–Kier alpha value is -2.17. The van der Waals surface area contributed by atoms with E-state index in [9.17, 15) is 14.9 Å². The van der Waals surface area contributed by atoms with Gasteiger partial charge in [-0.2, -0.15) is 0 Å². The summed E-state index contributed by atoms with van der Waals surface area (Å²) in [7, 11) is 0. The quantitative estimate of drug-likeness (QED) is 0.525. The molecule has 1 aromatic carbocycles. The number of benzene rings is 1. The summed E-state index contributed by atoms with van der Waals surface area (Å²) < 4.78 is 0. The molecule has 2 aliphatic carbocycles. The van der Waals surface area contributed by atoms with E-state index in [1.54, 1.807) is 18.2 Å². The number of amides is 1. The number of nitro benzene ring substituents is 1. The Morgan fingerprint density at radius 2 is 2.19 bits per heavy atom. The molecule has 21 heavy (non-hydrogen) atoms. The van der Waals surface area contributed by atoms with Crippen LogP contribution in [-0.4, -0.2) is 16.9 Å². The van der Waals surface area contributed by atoms with Crippen LogP contribution in [-0.2, 0) is 4.79 Å². The van der Waals surface area contributed by atoms with Gasteiger partial charge >= 0.3 is 0 Å². The molecule has 0 heterocycles. The molecule has 2 saturated carbocycles. The first kappa shape index (κ1) is 13.8. The largest absolute Gasteiger partial charge is 0.350 e. The Labute approximate surface area is 123 Å². The van der Waals surface area contributed by atoms with Crippen molar-refractivity contribution < 1.29 is 9.72 Å². The van der Waals surface area contributed by atoms with Crippen LogP contribution in [0.2, 0.25) is 0 Å². The molecular weight excluding hydrogens is 268 g/mol. The highest BCUT2D eigenvalue weighted by molar-refractivity contribution is 5.92. The van der Waals surface area contributed by atoms with E-state index in [-0.39, 0.29) is 11.6 Å². The number of nitrogens with one attached hydrogen (secondary N) is 1. The summed E-state index contributed by atoms with van der Waals surface area (Å²) in [6.45, 7) is 0. The second kappa shape index (κ2) is 5.68. The smallest absolute Gasteiger partial charge is 0.270 e. The van der Waals surface area contributed by atoms with Gasteiger partial charge < -0.3 is 5.32 Å². The minimum atomic E-state index is -0.438. The first-order chi connectivity index (χ1) is 10.1. The number of fused-ring (bicyclic) bond motifs is 2. The molecule has 1 N–H and O–H groups in total. The summed E-state index contributed by atoms with van der Waals surface area (Å²) in [5.41, 5.74) is 0.693. The van der Waals surface area contributed by atoms with Gasteiger partial charge in [0.1, 0.15) is 0 Å². The van der Waals surface area contributed by atoms with Crippen LogP contribution in [0, 0.1) is 22.0 Å². The second-order valence-electron chi connectivity index (χ2n) is 5.98. The number of carbonyl (C=O) groups is 1. The fraction of sp³-hybridized carbons (Fsp3) is 0.438. The van der Waals surface area contributed by atoms with Gasteiger partial charge in [-0.15, -0.1) is 0 Å². The number of rotatable bonds is 4. The molecule has 0 aliphatic heterocycles. The van der Waals surface area contributed by atoms with E-state index in [2.05, 4.69) is 5.32 Å². The monoisotopic (exact) mass is 286 g/mol. The lowest BCUT2D eigenvalue weighted by Gasteiger charge is -2.22. The minimum Gasteiger partial charge on any atom is -0.350 e. The third-order valence-corrected chi connectivity index (χ3v) is 4.57. The zero-order chi connectivity index (χ0) is 14.8. The van der Waals surface area contributed by atoms with Gasteiger partial charge in [-0.1, -0.05) is 18.6 Å². The van der Waals surface area contributed by atoms with Gasteiger partial charge in [0.25, 0.3) is 5.69 Å². The number of carbonyl (C=O) groups excluding carboxylic acids is 1. The first-order valence-corrected chi connectivity index (χ1v) is 7.35. The van der Waals surface area contributed by atoms with Crippen molar-refractivity contribution >= 4 is 17.7 Å². The second-order valence-corrected chi connectivity index (χ2v) is 5.98. The summed E-state index contributed by atoms with van der Waals surface area (Å²) in [6, 6.07) is 6.57. The maximum atomic E-state index is 11.9. The third kappa shape index (κ3) is 3.12. The average molecular weight is 286 g/mol. The molecule has 5 nitrogen and oxygen atoms in total. The van der Waals surface area contributed by atoms with E-state index < -0.39 is 4.92 Å². The lowest BCUT2D eigenvalue weighted by molar-refractivity contribution is -0.384. The Balaban J connectivity index is 1.59. The maximum absolute atomic E-state index is 11.9. The molecule has 1 amide bonds. The molecular formula is C16H18N2O3. The van der Waals surface area contributed by atoms with Gasteiger partial charge in [0, 0.05) is 24.3 Å². The average Bonchev–Trinajstić information content (AvgIpc) is 3.08. The van der Waals surface area contributed by atoms with Gasteiger partial charge in [-0.25, -0.2) is 0 Å². The molecule has 2 fully saturated rings.